The molecule has 0 radical (unpaired) electrons. The Morgan fingerprint density at radius 1 is 1.09 bits per heavy atom. The van der Waals surface area contributed by atoms with Crippen molar-refractivity contribution < 1.29 is 35.9 Å². The summed E-state index contributed by atoms with van der Waals surface area (Å²) in [6.07, 6.45) is 13.7. The molecule has 0 fully saturated rings. The smallest absolute Gasteiger partial charge is 0.305 e. The highest BCUT2D eigenvalue weighted by molar-refractivity contribution is 5.69. The minimum Gasteiger partial charge on any atom is -1.00 e. The van der Waals surface area contributed by atoms with Crippen LogP contribution in [0.4, 0.5) is 0 Å². The summed E-state index contributed by atoms with van der Waals surface area (Å²) in [7, 11) is 4.30. The zero-order valence-electron chi connectivity index (χ0n) is 22.4. The van der Waals surface area contributed by atoms with E-state index >= 15 is 0 Å². The van der Waals surface area contributed by atoms with E-state index in [1.54, 1.807) is 0 Å². The van der Waals surface area contributed by atoms with Crippen molar-refractivity contribution in [3.05, 3.63) is 23.0 Å². The van der Waals surface area contributed by atoms with Crippen LogP contribution in [0.5, 0.6) is 5.75 Å². The summed E-state index contributed by atoms with van der Waals surface area (Å²) in [6.45, 7) is 10.5. The molecule has 1 aliphatic heterocycles. The number of unbranched alkanes of at least 4 members (excludes halogenated alkanes) is 8. The van der Waals surface area contributed by atoms with Gasteiger partial charge < -0.3 is 31.1 Å². The number of quaternary nitrogens is 1. The molecule has 0 aliphatic carbocycles. The zero-order valence-corrected chi connectivity index (χ0v) is 23.1. The van der Waals surface area contributed by atoms with Crippen LogP contribution >= 0.6 is 0 Å². The van der Waals surface area contributed by atoms with Crippen molar-refractivity contribution in [2.75, 3.05) is 27.2 Å². The van der Waals surface area contributed by atoms with Crippen LogP contribution in [0.3, 0.4) is 0 Å². The number of hydrogen-bond acceptors (Lipinski definition) is 5. The lowest BCUT2D eigenvalue weighted by Crippen LogP contribution is -3.00. The van der Waals surface area contributed by atoms with Crippen LogP contribution in [-0.4, -0.2) is 48.5 Å². The molecule has 7 heteroatoms. The molecule has 2 heterocycles. The molecule has 0 saturated carbocycles. The van der Waals surface area contributed by atoms with E-state index in [1.165, 1.54) is 44.9 Å². The van der Waals surface area contributed by atoms with Crippen molar-refractivity contribution in [3.63, 3.8) is 0 Å². The molecule has 0 unspecified atom stereocenters. The summed E-state index contributed by atoms with van der Waals surface area (Å²) in [5.41, 5.74) is 3.09. The Balaban J connectivity index is 0.00000578. The van der Waals surface area contributed by atoms with E-state index in [2.05, 4.69) is 26.0 Å². The lowest BCUT2D eigenvalue weighted by atomic mass is 10.1. The Hall–Kier alpha value is -1.37. The van der Waals surface area contributed by atoms with Crippen molar-refractivity contribution in [2.45, 2.75) is 111 Å². The maximum Gasteiger partial charge on any atom is 0.305 e. The number of aromatic nitrogens is 1. The minimum absolute atomic E-state index is 0. The highest BCUT2D eigenvalue weighted by atomic mass is 35.5. The number of nitrogens with zero attached hydrogens (tertiary/aromatic N) is 2. The number of halogens is 1. The van der Waals surface area contributed by atoms with E-state index in [1.807, 2.05) is 27.0 Å². The van der Waals surface area contributed by atoms with Gasteiger partial charge in [0.2, 0.25) is 5.79 Å². The van der Waals surface area contributed by atoms with E-state index < -0.39 is 5.79 Å². The number of rotatable bonds is 15. The van der Waals surface area contributed by atoms with Gasteiger partial charge >= 0.3 is 5.97 Å². The number of carbonyl (C=O) groups is 1. The van der Waals surface area contributed by atoms with Crippen molar-refractivity contribution in [3.8, 4) is 5.75 Å². The number of likely N-dealkylation sites (N-methyl/N-ethyl adjacent to an activating group) is 1. The van der Waals surface area contributed by atoms with Gasteiger partial charge in [0.15, 0.2) is 0 Å². The van der Waals surface area contributed by atoms with Gasteiger partial charge in [0.25, 0.3) is 0 Å². The fourth-order valence-corrected chi connectivity index (χ4v) is 4.23. The molecule has 0 bridgehead atoms. The maximum atomic E-state index is 12.1. The topological polar surface area (TPSA) is 57.7 Å². The highest BCUT2D eigenvalue weighted by Gasteiger charge is 2.32. The van der Waals surface area contributed by atoms with E-state index in [0.29, 0.717) is 24.1 Å². The fourth-order valence-electron chi connectivity index (χ4n) is 4.23. The van der Waals surface area contributed by atoms with E-state index in [-0.39, 0.29) is 18.4 Å². The van der Waals surface area contributed by atoms with E-state index in [0.717, 1.165) is 48.5 Å². The summed E-state index contributed by atoms with van der Waals surface area (Å²) >= 11 is 0. The summed E-state index contributed by atoms with van der Waals surface area (Å²) in [6, 6.07) is 0. The molecule has 34 heavy (non-hydrogen) atoms. The van der Waals surface area contributed by atoms with Crippen molar-refractivity contribution in [1.82, 2.24) is 4.98 Å². The van der Waals surface area contributed by atoms with Gasteiger partial charge in [0.1, 0.15) is 25.4 Å². The quantitative estimate of drug-likeness (QED) is 0.211. The van der Waals surface area contributed by atoms with Crippen LogP contribution in [-0.2, 0) is 27.4 Å². The van der Waals surface area contributed by atoms with Crippen LogP contribution in [0.1, 0.15) is 102 Å². The molecule has 0 saturated heterocycles. The largest absolute Gasteiger partial charge is 1.00 e. The second kappa shape index (κ2) is 14.9. The summed E-state index contributed by atoms with van der Waals surface area (Å²) in [4.78, 5) is 16.7. The normalized spacial score (nSPS) is 14.6. The van der Waals surface area contributed by atoms with Crippen molar-refractivity contribution in [1.29, 1.82) is 0 Å². The van der Waals surface area contributed by atoms with Gasteiger partial charge in [-0.3, -0.25) is 9.78 Å². The molecular weight excluding hydrogens is 452 g/mol. The van der Waals surface area contributed by atoms with Gasteiger partial charge in [-0.15, -0.1) is 0 Å². The SMILES string of the molecule is CCCCCCCCCCCC(=O)OCC[N+](C)(C)Cc1cnc(C)c2c1COC(C)(C)O2.[Cl-]. The third-order valence-electron chi connectivity index (χ3n) is 6.36. The molecule has 0 amide bonds. The van der Waals surface area contributed by atoms with Crippen molar-refractivity contribution >= 4 is 5.97 Å². The maximum absolute atomic E-state index is 12.1. The number of fused-ring (bicyclic) bond motifs is 1. The Bertz CT molecular complexity index is 752. The van der Waals surface area contributed by atoms with E-state index in [9.17, 15) is 4.79 Å². The Labute approximate surface area is 213 Å². The molecule has 1 aromatic rings. The third kappa shape index (κ3) is 10.9. The number of carbonyl (C=O) groups excluding carboxylic acids is 1. The molecule has 0 atom stereocenters. The molecular formula is C27H47ClN2O4. The monoisotopic (exact) mass is 498 g/mol. The number of esters is 1. The second-order valence-corrected chi connectivity index (χ2v) is 10.6. The molecule has 0 spiro atoms. The Morgan fingerprint density at radius 2 is 1.71 bits per heavy atom. The number of pyridine rings is 1. The highest BCUT2D eigenvalue weighted by Crippen LogP contribution is 2.35. The first kappa shape index (κ1) is 30.7. The van der Waals surface area contributed by atoms with Crippen LogP contribution in [0, 0.1) is 6.92 Å². The van der Waals surface area contributed by atoms with E-state index in [4.69, 9.17) is 14.2 Å². The van der Waals surface area contributed by atoms with Gasteiger partial charge in [-0.2, -0.15) is 0 Å². The first-order valence-electron chi connectivity index (χ1n) is 12.9. The molecule has 196 valence electrons. The fraction of sp³-hybridized carbons (Fsp3) is 0.778. The third-order valence-corrected chi connectivity index (χ3v) is 6.36. The zero-order chi connectivity index (χ0) is 24.3. The summed E-state index contributed by atoms with van der Waals surface area (Å²) in [5, 5.41) is 0. The van der Waals surface area contributed by atoms with Crippen LogP contribution in [0.25, 0.3) is 0 Å². The molecule has 6 nitrogen and oxygen atoms in total. The van der Waals surface area contributed by atoms with Gasteiger partial charge in [0.05, 0.1) is 26.4 Å². The summed E-state index contributed by atoms with van der Waals surface area (Å²) < 4.78 is 18.1. The first-order chi connectivity index (χ1) is 15.6. The Kier molecular flexibility index (Phi) is 13.4. The lowest BCUT2D eigenvalue weighted by Gasteiger charge is -2.35. The van der Waals surface area contributed by atoms with Gasteiger partial charge in [-0.25, -0.2) is 0 Å². The minimum atomic E-state index is -0.634. The van der Waals surface area contributed by atoms with Gasteiger partial charge in [-0.1, -0.05) is 58.3 Å². The van der Waals surface area contributed by atoms with Crippen LogP contribution in [0.2, 0.25) is 0 Å². The molecule has 1 aliphatic rings. The van der Waals surface area contributed by atoms with Gasteiger partial charge in [-0.05, 0) is 13.3 Å². The summed E-state index contributed by atoms with van der Waals surface area (Å²) in [5.74, 6) is 0.137. The lowest BCUT2D eigenvalue weighted by molar-refractivity contribution is -0.903. The number of ether oxygens (including phenoxy) is 3. The molecule has 1 aromatic heterocycles. The average molecular weight is 499 g/mol. The number of hydrogen-bond donors (Lipinski definition) is 0. The van der Waals surface area contributed by atoms with Crippen LogP contribution < -0.4 is 17.1 Å². The molecule has 0 aromatic carbocycles. The van der Waals surface area contributed by atoms with Crippen LogP contribution in [0.15, 0.2) is 6.20 Å². The predicted molar refractivity (Wildman–Crippen MR) is 132 cm³/mol. The standard InChI is InChI=1S/C27H47N2O4.ClH/c1-7-8-9-10-11-12-13-14-15-16-25(30)31-18-17-29(5,6)20-23-19-28-22(2)26-24(23)21-32-27(3,4)33-26;/h19H,7-18,20-21H2,1-6H3;1H/q+1;/p-1. The van der Waals surface area contributed by atoms with Crippen molar-refractivity contribution in [2.24, 2.45) is 0 Å². The molecule has 2 rings (SSSR count). The predicted octanol–water partition coefficient (Wildman–Crippen LogP) is 3.08. The average Bonchev–Trinajstić information content (AvgIpc) is 2.74. The van der Waals surface area contributed by atoms with Gasteiger partial charge in [0, 0.05) is 37.6 Å². The second-order valence-electron chi connectivity index (χ2n) is 10.6. The first-order valence-corrected chi connectivity index (χ1v) is 12.9. The number of aryl methyl sites for hydroxylation is 1. The molecule has 0 N–H and O–H groups in total. The Morgan fingerprint density at radius 3 is 2.35 bits per heavy atom.